The summed E-state index contributed by atoms with van der Waals surface area (Å²) in [6, 6.07) is -0.723. The van der Waals surface area contributed by atoms with E-state index in [1.54, 1.807) is 0 Å². The largest absolute Gasteiger partial charge is 0.461 e. The number of carbonyl (C=O) groups excluding carboxylic acids is 2. The molecule has 0 radical (unpaired) electrons. The highest BCUT2D eigenvalue weighted by Crippen LogP contribution is 2.11. The molecular formula is C15H28N2O3. The molecule has 1 rings (SSSR count). The zero-order chi connectivity index (χ0) is 15.1. The van der Waals surface area contributed by atoms with Crippen molar-refractivity contribution < 1.29 is 14.3 Å². The van der Waals surface area contributed by atoms with E-state index in [0.717, 1.165) is 25.8 Å². The lowest BCUT2D eigenvalue weighted by atomic mass is 10.0. The van der Waals surface area contributed by atoms with E-state index in [-0.39, 0.29) is 24.0 Å². The molecule has 0 saturated carbocycles. The summed E-state index contributed by atoms with van der Waals surface area (Å²) in [7, 11) is 0. The van der Waals surface area contributed by atoms with Crippen LogP contribution in [0, 0.1) is 5.92 Å². The fourth-order valence-corrected chi connectivity index (χ4v) is 2.35. The van der Waals surface area contributed by atoms with Crippen molar-refractivity contribution in [3.63, 3.8) is 0 Å². The first-order chi connectivity index (χ1) is 9.40. The Morgan fingerprint density at radius 1 is 1.25 bits per heavy atom. The van der Waals surface area contributed by atoms with Crippen molar-refractivity contribution in [3.05, 3.63) is 0 Å². The number of hydrogen-bond acceptors (Lipinski definition) is 4. The summed E-state index contributed by atoms with van der Waals surface area (Å²) in [6.07, 6.45) is 3.43. The number of nitrogens with one attached hydrogen (secondary N) is 2. The Bertz CT molecular complexity index is 323. The van der Waals surface area contributed by atoms with E-state index < -0.39 is 6.04 Å². The number of esters is 1. The van der Waals surface area contributed by atoms with Gasteiger partial charge in [-0.15, -0.1) is 0 Å². The molecule has 2 N–H and O–H groups in total. The molecule has 2 atom stereocenters. The number of ether oxygens (including phenoxy) is 1. The lowest BCUT2D eigenvalue weighted by Gasteiger charge is -2.26. The number of carbonyl (C=O) groups is 2. The summed E-state index contributed by atoms with van der Waals surface area (Å²) >= 11 is 0. The van der Waals surface area contributed by atoms with Gasteiger partial charge in [-0.25, -0.2) is 4.79 Å². The Balaban J connectivity index is 2.58. The average Bonchev–Trinajstić information content (AvgIpc) is 2.37. The van der Waals surface area contributed by atoms with Crippen LogP contribution in [-0.2, 0) is 14.3 Å². The van der Waals surface area contributed by atoms with Crippen LogP contribution in [0.5, 0.6) is 0 Å². The summed E-state index contributed by atoms with van der Waals surface area (Å²) in [4.78, 5) is 24.2. The summed E-state index contributed by atoms with van der Waals surface area (Å²) in [5.74, 6) is -0.103. The molecule has 20 heavy (non-hydrogen) atoms. The van der Waals surface area contributed by atoms with Crippen LogP contribution in [0.15, 0.2) is 0 Å². The smallest absolute Gasteiger partial charge is 0.328 e. The van der Waals surface area contributed by atoms with Gasteiger partial charge in [0.1, 0.15) is 6.04 Å². The standard InChI is InChI=1S/C15H28N2O3/c1-10(2)9-13(15(19)20-11(3)4)17-14(18)12-7-5-6-8-16-12/h10-13,16H,5-9H2,1-4H3,(H,17,18)/t12-,13-/m0/s1. The van der Waals surface area contributed by atoms with Crippen LogP contribution in [0.3, 0.4) is 0 Å². The van der Waals surface area contributed by atoms with Crippen molar-refractivity contribution in [3.8, 4) is 0 Å². The molecule has 5 heteroatoms. The molecule has 1 amide bonds. The third-order valence-corrected chi connectivity index (χ3v) is 3.29. The molecule has 0 aromatic heterocycles. The van der Waals surface area contributed by atoms with Gasteiger partial charge < -0.3 is 15.4 Å². The van der Waals surface area contributed by atoms with E-state index in [4.69, 9.17) is 4.74 Å². The topological polar surface area (TPSA) is 67.4 Å². The van der Waals surface area contributed by atoms with Gasteiger partial charge in [-0.3, -0.25) is 4.79 Å². The minimum absolute atomic E-state index is 0.0870. The van der Waals surface area contributed by atoms with Gasteiger partial charge >= 0.3 is 5.97 Å². The van der Waals surface area contributed by atoms with Gasteiger partial charge in [-0.05, 0) is 45.6 Å². The first kappa shape index (κ1) is 17.0. The van der Waals surface area contributed by atoms with Gasteiger partial charge in [0, 0.05) is 0 Å². The lowest BCUT2D eigenvalue weighted by molar-refractivity contribution is -0.152. The molecule has 0 spiro atoms. The van der Waals surface area contributed by atoms with E-state index >= 15 is 0 Å². The van der Waals surface area contributed by atoms with Gasteiger partial charge in [0.2, 0.25) is 5.91 Å². The first-order valence-electron chi connectivity index (χ1n) is 7.64. The zero-order valence-electron chi connectivity index (χ0n) is 13.1. The third kappa shape index (κ3) is 5.90. The molecule has 0 aromatic rings. The fraction of sp³-hybridized carbons (Fsp3) is 0.867. The minimum atomic E-state index is -0.548. The molecule has 1 heterocycles. The molecule has 5 nitrogen and oxygen atoms in total. The van der Waals surface area contributed by atoms with Gasteiger partial charge in [0.25, 0.3) is 0 Å². The van der Waals surface area contributed by atoms with Crippen molar-refractivity contribution in [2.24, 2.45) is 5.92 Å². The number of piperidine rings is 1. The highest BCUT2D eigenvalue weighted by Gasteiger charge is 2.28. The van der Waals surface area contributed by atoms with Gasteiger partial charge in [0.15, 0.2) is 0 Å². The third-order valence-electron chi connectivity index (χ3n) is 3.29. The van der Waals surface area contributed by atoms with Crippen LogP contribution in [0.4, 0.5) is 0 Å². The molecule has 1 fully saturated rings. The maximum Gasteiger partial charge on any atom is 0.328 e. The van der Waals surface area contributed by atoms with E-state index in [2.05, 4.69) is 10.6 Å². The van der Waals surface area contributed by atoms with Crippen LogP contribution in [0.1, 0.15) is 53.4 Å². The second kappa shape index (κ2) is 8.25. The highest BCUT2D eigenvalue weighted by molar-refractivity contribution is 5.87. The van der Waals surface area contributed by atoms with E-state index in [9.17, 15) is 9.59 Å². The Labute approximate surface area is 121 Å². The lowest BCUT2D eigenvalue weighted by Crippen LogP contribution is -2.52. The maximum absolute atomic E-state index is 12.2. The van der Waals surface area contributed by atoms with Crippen molar-refractivity contribution >= 4 is 11.9 Å². The minimum Gasteiger partial charge on any atom is -0.461 e. The monoisotopic (exact) mass is 284 g/mol. The van der Waals surface area contributed by atoms with Crippen molar-refractivity contribution in [1.82, 2.24) is 10.6 Å². The molecule has 116 valence electrons. The number of hydrogen-bond donors (Lipinski definition) is 2. The van der Waals surface area contributed by atoms with Crippen molar-refractivity contribution in [2.75, 3.05) is 6.54 Å². The molecular weight excluding hydrogens is 256 g/mol. The summed E-state index contributed by atoms with van der Waals surface area (Å²) in [5, 5.41) is 6.04. The zero-order valence-corrected chi connectivity index (χ0v) is 13.1. The Morgan fingerprint density at radius 3 is 2.45 bits per heavy atom. The second-order valence-corrected chi connectivity index (χ2v) is 6.18. The predicted octanol–water partition coefficient (Wildman–Crippen LogP) is 1.61. The molecule has 0 bridgehead atoms. The summed E-state index contributed by atoms with van der Waals surface area (Å²) in [6.45, 7) is 8.55. The Kier molecular flexibility index (Phi) is 6.99. The van der Waals surface area contributed by atoms with E-state index in [0.29, 0.717) is 12.3 Å². The molecule has 1 saturated heterocycles. The predicted molar refractivity (Wildman–Crippen MR) is 78.3 cm³/mol. The summed E-state index contributed by atoms with van der Waals surface area (Å²) in [5.41, 5.74) is 0. The second-order valence-electron chi connectivity index (χ2n) is 6.18. The van der Waals surface area contributed by atoms with Crippen molar-refractivity contribution in [2.45, 2.75) is 71.6 Å². The van der Waals surface area contributed by atoms with Crippen LogP contribution < -0.4 is 10.6 Å². The molecule has 0 aliphatic carbocycles. The molecule has 1 aliphatic rings. The molecule has 1 aliphatic heterocycles. The van der Waals surface area contributed by atoms with Gasteiger partial charge in [-0.2, -0.15) is 0 Å². The van der Waals surface area contributed by atoms with Crippen LogP contribution in [-0.4, -0.2) is 36.6 Å². The average molecular weight is 284 g/mol. The maximum atomic E-state index is 12.2. The highest BCUT2D eigenvalue weighted by atomic mass is 16.5. The first-order valence-corrected chi connectivity index (χ1v) is 7.64. The molecule has 0 aromatic carbocycles. The Morgan fingerprint density at radius 2 is 1.95 bits per heavy atom. The Hall–Kier alpha value is -1.10. The van der Waals surface area contributed by atoms with Crippen LogP contribution in [0.25, 0.3) is 0 Å². The number of amides is 1. The normalized spacial score (nSPS) is 20.8. The SMILES string of the molecule is CC(C)C[C@H](NC(=O)[C@@H]1CCCCN1)C(=O)OC(C)C. The fourth-order valence-electron chi connectivity index (χ4n) is 2.35. The van der Waals surface area contributed by atoms with Gasteiger partial charge in [-0.1, -0.05) is 20.3 Å². The van der Waals surface area contributed by atoms with Crippen LogP contribution >= 0.6 is 0 Å². The van der Waals surface area contributed by atoms with Crippen molar-refractivity contribution in [1.29, 1.82) is 0 Å². The van der Waals surface area contributed by atoms with E-state index in [1.165, 1.54) is 0 Å². The number of rotatable bonds is 6. The quantitative estimate of drug-likeness (QED) is 0.727. The van der Waals surface area contributed by atoms with Crippen LogP contribution in [0.2, 0.25) is 0 Å². The summed E-state index contributed by atoms with van der Waals surface area (Å²) < 4.78 is 5.23. The molecule has 0 unspecified atom stereocenters. The van der Waals surface area contributed by atoms with E-state index in [1.807, 2.05) is 27.7 Å². The van der Waals surface area contributed by atoms with Gasteiger partial charge in [0.05, 0.1) is 12.1 Å².